The Kier molecular flexibility index (Phi) is 4.62. The van der Waals surface area contributed by atoms with Gasteiger partial charge in [0.25, 0.3) is 5.91 Å². The van der Waals surface area contributed by atoms with E-state index in [-0.39, 0.29) is 11.7 Å². The van der Waals surface area contributed by atoms with E-state index in [9.17, 15) is 9.18 Å². The van der Waals surface area contributed by atoms with Gasteiger partial charge >= 0.3 is 0 Å². The molecule has 4 aromatic rings. The number of halogens is 1. The number of thiazole rings is 2. The summed E-state index contributed by atoms with van der Waals surface area (Å²) in [4.78, 5) is 23.8. The van der Waals surface area contributed by atoms with Crippen molar-refractivity contribution in [3.8, 4) is 21.1 Å². The monoisotopic (exact) mass is 401 g/mol. The van der Waals surface area contributed by atoms with Crippen LogP contribution in [-0.4, -0.2) is 15.9 Å². The lowest BCUT2D eigenvalue weighted by molar-refractivity contribution is 0.103. The molecule has 4 nitrogen and oxygen atoms in total. The van der Waals surface area contributed by atoms with E-state index in [4.69, 9.17) is 0 Å². The molecule has 0 spiro atoms. The normalized spacial score (nSPS) is 10.8. The van der Waals surface area contributed by atoms with Crippen molar-refractivity contribution in [2.45, 2.75) is 6.92 Å². The van der Waals surface area contributed by atoms with Crippen LogP contribution in [0.5, 0.6) is 0 Å². The van der Waals surface area contributed by atoms with Gasteiger partial charge in [-0.3, -0.25) is 10.1 Å². The van der Waals surface area contributed by atoms with E-state index in [1.165, 1.54) is 34.8 Å². The summed E-state index contributed by atoms with van der Waals surface area (Å²) >= 11 is 4.33. The Balaban J connectivity index is 1.53. The minimum atomic E-state index is -0.290. The van der Waals surface area contributed by atoms with Gasteiger partial charge < -0.3 is 0 Å². The number of rotatable bonds is 4. The van der Waals surface area contributed by atoms with Gasteiger partial charge in [-0.05, 0) is 42.6 Å². The van der Waals surface area contributed by atoms with Crippen LogP contribution in [0.3, 0.4) is 0 Å². The van der Waals surface area contributed by atoms with Gasteiger partial charge in [0.05, 0.1) is 16.8 Å². The van der Waals surface area contributed by atoms with Gasteiger partial charge in [-0.1, -0.05) is 6.07 Å². The van der Waals surface area contributed by atoms with Crippen molar-refractivity contribution in [2.75, 3.05) is 5.32 Å². The topological polar surface area (TPSA) is 54.9 Å². The molecule has 0 aliphatic carbocycles. The molecule has 0 fully saturated rings. The molecule has 0 bridgehead atoms. The fourth-order valence-electron chi connectivity index (χ4n) is 2.38. The predicted molar refractivity (Wildman–Crippen MR) is 106 cm³/mol. The Morgan fingerprint density at radius 2 is 1.96 bits per heavy atom. The number of carbonyl (C=O) groups is 1. The number of nitrogens with one attached hydrogen (secondary N) is 1. The van der Waals surface area contributed by atoms with E-state index in [0.717, 1.165) is 26.0 Å². The maximum absolute atomic E-state index is 13.1. The highest BCUT2D eigenvalue weighted by Crippen LogP contribution is 2.32. The van der Waals surface area contributed by atoms with Crippen LogP contribution in [-0.2, 0) is 0 Å². The minimum absolute atomic E-state index is 0.232. The summed E-state index contributed by atoms with van der Waals surface area (Å²) in [5.74, 6) is -0.522. The number of anilines is 1. The number of aromatic nitrogens is 2. The lowest BCUT2D eigenvalue weighted by Crippen LogP contribution is -2.09. The average Bonchev–Trinajstić information content (AvgIpc) is 3.35. The van der Waals surface area contributed by atoms with Gasteiger partial charge in [0.15, 0.2) is 5.13 Å². The number of thiophene rings is 1. The predicted octanol–water partition coefficient (Wildman–Crippen LogP) is 5.69. The van der Waals surface area contributed by atoms with Gasteiger partial charge in [0, 0.05) is 10.4 Å². The Morgan fingerprint density at radius 3 is 2.69 bits per heavy atom. The zero-order valence-electron chi connectivity index (χ0n) is 13.5. The number of aryl methyl sites for hydroxylation is 1. The highest BCUT2D eigenvalue weighted by molar-refractivity contribution is 7.22. The van der Waals surface area contributed by atoms with E-state index in [2.05, 4.69) is 15.3 Å². The van der Waals surface area contributed by atoms with Gasteiger partial charge in [0.1, 0.15) is 15.7 Å². The molecule has 0 radical (unpaired) electrons. The molecular weight excluding hydrogens is 389 g/mol. The highest BCUT2D eigenvalue weighted by Gasteiger charge is 2.16. The largest absolute Gasteiger partial charge is 0.297 e. The van der Waals surface area contributed by atoms with E-state index >= 15 is 0 Å². The Labute approximate surface area is 161 Å². The third-order valence-corrected chi connectivity index (χ3v) is 6.52. The number of hydrogen-bond donors (Lipinski definition) is 1. The SMILES string of the molecule is Cc1sc(NC(=O)c2cnc(-c3cccs3)s2)nc1-c1ccc(F)cc1. The van der Waals surface area contributed by atoms with Crippen molar-refractivity contribution < 1.29 is 9.18 Å². The van der Waals surface area contributed by atoms with E-state index in [0.29, 0.717) is 10.0 Å². The number of benzene rings is 1. The lowest BCUT2D eigenvalue weighted by Gasteiger charge is -1.99. The highest BCUT2D eigenvalue weighted by atomic mass is 32.1. The van der Waals surface area contributed by atoms with Crippen LogP contribution in [0.4, 0.5) is 9.52 Å². The molecule has 3 heterocycles. The third-order valence-electron chi connectivity index (χ3n) is 3.60. The zero-order valence-corrected chi connectivity index (χ0v) is 16.0. The van der Waals surface area contributed by atoms with Gasteiger partial charge in [-0.25, -0.2) is 14.4 Å². The van der Waals surface area contributed by atoms with Gasteiger partial charge in [-0.15, -0.1) is 34.0 Å². The number of amides is 1. The molecule has 8 heteroatoms. The molecule has 0 aliphatic rings. The van der Waals surface area contributed by atoms with Crippen LogP contribution in [0, 0.1) is 12.7 Å². The molecular formula is C18H12FN3OS3. The first-order valence-corrected chi connectivity index (χ1v) is 10.2. The molecule has 26 heavy (non-hydrogen) atoms. The summed E-state index contributed by atoms with van der Waals surface area (Å²) in [5, 5.41) is 6.14. The number of hydrogen-bond acceptors (Lipinski definition) is 6. The molecule has 0 saturated heterocycles. The maximum atomic E-state index is 13.1. The number of carbonyl (C=O) groups excluding carboxylic acids is 1. The van der Waals surface area contributed by atoms with Gasteiger partial charge in [0.2, 0.25) is 0 Å². The Bertz CT molecular complexity index is 1050. The van der Waals surface area contributed by atoms with Crippen LogP contribution in [0.2, 0.25) is 0 Å². The van der Waals surface area contributed by atoms with Crippen LogP contribution in [0.25, 0.3) is 21.1 Å². The van der Waals surface area contributed by atoms with Crippen LogP contribution in [0.1, 0.15) is 14.5 Å². The molecule has 1 amide bonds. The second-order valence-corrected chi connectivity index (χ2v) is 8.57. The Morgan fingerprint density at radius 1 is 1.15 bits per heavy atom. The molecule has 0 aliphatic heterocycles. The summed E-state index contributed by atoms with van der Waals surface area (Å²) in [5.41, 5.74) is 1.56. The smallest absolute Gasteiger partial charge is 0.269 e. The molecule has 0 atom stereocenters. The first kappa shape index (κ1) is 17.0. The van der Waals surface area contributed by atoms with Gasteiger partial charge in [-0.2, -0.15) is 0 Å². The number of nitrogens with zero attached hydrogens (tertiary/aromatic N) is 2. The molecule has 1 N–H and O–H groups in total. The van der Waals surface area contributed by atoms with Crippen molar-refractivity contribution in [2.24, 2.45) is 0 Å². The fraction of sp³-hybridized carbons (Fsp3) is 0.0556. The lowest BCUT2D eigenvalue weighted by atomic mass is 10.1. The third kappa shape index (κ3) is 3.44. The van der Waals surface area contributed by atoms with Crippen LogP contribution < -0.4 is 5.32 Å². The van der Waals surface area contributed by atoms with Crippen molar-refractivity contribution in [3.63, 3.8) is 0 Å². The molecule has 130 valence electrons. The van der Waals surface area contributed by atoms with Crippen LogP contribution >= 0.6 is 34.0 Å². The van der Waals surface area contributed by atoms with Crippen LogP contribution in [0.15, 0.2) is 48.0 Å². The first-order chi connectivity index (χ1) is 12.6. The first-order valence-electron chi connectivity index (χ1n) is 7.64. The maximum Gasteiger partial charge on any atom is 0.269 e. The van der Waals surface area contributed by atoms with Crippen molar-refractivity contribution in [1.29, 1.82) is 0 Å². The second kappa shape index (κ2) is 7.06. The van der Waals surface area contributed by atoms with Crippen molar-refractivity contribution >= 4 is 45.0 Å². The molecule has 4 rings (SSSR count). The second-order valence-electron chi connectivity index (χ2n) is 5.39. The quantitative estimate of drug-likeness (QED) is 0.478. The molecule has 0 unspecified atom stereocenters. The summed E-state index contributed by atoms with van der Waals surface area (Å²) in [6.45, 7) is 1.92. The standard InChI is InChI=1S/C18H12FN3OS3/c1-10-15(11-4-6-12(19)7-5-11)21-18(25-10)22-16(23)14-9-20-17(26-14)13-3-2-8-24-13/h2-9H,1H3,(H,21,22,23). The van der Waals surface area contributed by atoms with Crippen molar-refractivity contribution in [1.82, 2.24) is 9.97 Å². The minimum Gasteiger partial charge on any atom is -0.297 e. The summed E-state index contributed by atoms with van der Waals surface area (Å²) < 4.78 is 13.1. The Hall–Kier alpha value is -2.42. The molecule has 0 saturated carbocycles. The van der Waals surface area contributed by atoms with E-state index in [1.807, 2.05) is 24.4 Å². The molecule has 3 aromatic heterocycles. The average molecular weight is 402 g/mol. The zero-order chi connectivity index (χ0) is 18.1. The summed E-state index contributed by atoms with van der Waals surface area (Å²) in [6.07, 6.45) is 1.58. The summed E-state index contributed by atoms with van der Waals surface area (Å²) in [6, 6.07) is 10.1. The molecule has 1 aromatic carbocycles. The summed E-state index contributed by atoms with van der Waals surface area (Å²) in [7, 11) is 0. The van der Waals surface area contributed by atoms with Crippen molar-refractivity contribution in [3.05, 3.63) is 63.5 Å². The van der Waals surface area contributed by atoms with E-state index < -0.39 is 0 Å². The van der Waals surface area contributed by atoms with E-state index in [1.54, 1.807) is 29.7 Å². The fourth-order valence-corrected chi connectivity index (χ4v) is 4.82.